The van der Waals surface area contributed by atoms with Crippen molar-refractivity contribution in [2.75, 3.05) is 170 Å². The number of carbonyl (C=O) groups is 6. The van der Waals surface area contributed by atoms with Crippen molar-refractivity contribution in [1.29, 1.82) is 0 Å². The van der Waals surface area contributed by atoms with Crippen LogP contribution >= 0.6 is 0 Å². The third-order valence-corrected chi connectivity index (χ3v) is 13.6. The lowest BCUT2D eigenvalue weighted by molar-refractivity contribution is -0.134. The van der Waals surface area contributed by atoms with E-state index in [0.29, 0.717) is 117 Å². The molecular formula is C56H93N13O22. The molecule has 0 aliphatic carbocycles. The summed E-state index contributed by atoms with van der Waals surface area (Å²) in [5.74, 6) is 2.28. The number of carbonyl (C=O) groups excluding carboxylic acids is 6. The summed E-state index contributed by atoms with van der Waals surface area (Å²) in [6.45, 7) is 9.65. The normalized spacial score (nSPS) is 16.2. The van der Waals surface area contributed by atoms with Gasteiger partial charge >= 0.3 is 17.9 Å². The number of imidazole rings is 1. The molecule has 1 aliphatic rings. The molecule has 0 saturated carbocycles. The Morgan fingerprint density at radius 1 is 0.725 bits per heavy atom. The minimum atomic E-state index is -1.61. The first-order valence-electron chi connectivity index (χ1n) is 30.0. The van der Waals surface area contributed by atoms with Gasteiger partial charge in [0.1, 0.15) is 44.1 Å². The van der Waals surface area contributed by atoms with Crippen molar-refractivity contribution in [2.45, 2.75) is 89.8 Å². The van der Waals surface area contributed by atoms with Gasteiger partial charge in [0.15, 0.2) is 23.5 Å². The number of anilines is 2. The molecule has 514 valence electrons. The number of likely N-dealkylation sites (N-methyl/N-ethyl adjacent to an activating group) is 2. The Hall–Kier alpha value is -6.97. The standard InChI is InChI=1S/C56H93N13O22/c1-6-68-45-48(63-53(58)64-51(45)76)69(54(68)77)52-47(46(73)41(33-70)90-52)91-56(79)67(5)16-15-66(4)55(78)89-34-38-10-12-39(13-11-38)60-49(74)40(9-7-8-14-57)61-50(75)44(37(2)3)62-42(71)35-87-31-29-85-27-25-83-23-21-81-19-17-80-18-20-82-22-24-84-26-28-86-30-32-88-36-43(72)65-59/h10-13,37,40-41,44,46-47,52,70,73H,6-9,14-36,57,59H2,1-5H3,(H,60,74)(H,61,75)(H,62,71)(H,65,72)(H3,58,63,64,76). The number of fused-ring (bicyclic) bond motifs is 1. The number of aliphatic hydroxyl groups is 2. The molecule has 6 unspecified atom stereocenters. The smallest absolute Gasteiger partial charge is 0.410 e. The van der Waals surface area contributed by atoms with Crippen LogP contribution in [0.2, 0.25) is 0 Å². The second kappa shape index (κ2) is 43.0. The number of nitrogen functional groups attached to an aromatic ring is 1. The molecule has 35 heteroatoms. The van der Waals surface area contributed by atoms with Crippen LogP contribution in [0.15, 0.2) is 33.9 Å². The fourth-order valence-electron chi connectivity index (χ4n) is 8.59. The number of nitrogens with zero attached hydrogens (tertiary/aromatic N) is 5. The monoisotopic (exact) mass is 1300 g/mol. The van der Waals surface area contributed by atoms with Crippen molar-refractivity contribution in [1.82, 2.24) is 45.0 Å². The molecule has 1 fully saturated rings. The van der Waals surface area contributed by atoms with Crippen LogP contribution in [-0.2, 0) is 89.2 Å². The van der Waals surface area contributed by atoms with Crippen LogP contribution in [0.3, 0.4) is 0 Å². The molecule has 13 N–H and O–H groups in total. The number of benzene rings is 1. The quantitative estimate of drug-likeness (QED) is 0.0119. The van der Waals surface area contributed by atoms with E-state index < -0.39 is 90.3 Å². The maximum atomic E-state index is 13.6. The van der Waals surface area contributed by atoms with Gasteiger partial charge in [-0.15, -0.1) is 0 Å². The van der Waals surface area contributed by atoms with Crippen LogP contribution in [0.25, 0.3) is 11.2 Å². The molecular weight excluding hydrogens is 1210 g/mol. The summed E-state index contributed by atoms with van der Waals surface area (Å²) in [7, 11) is 2.82. The number of nitrogens with one attached hydrogen (secondary N) is 5. The molecule has 2 aromatic heterocycles. The molecule has 6 amide bonds. The summed E-state index contributed by atoms with van der Waals surface area (Å²) in [5, 5.41) is 29.3. The van der Waals surface area contributed by atoms with Gasteiger partial charge in [0, 0.05) is 39.4 Å². The number of hydrogen-bond donors (Lipinski definition) is 10. The van der Waals surface area contributed by atoms with E-state index in [1.165, 1.54) is 19.0 Å². The van der Waals surface area contributed by atoms with Gasteiger partial charge in [-0.2, -0.15) is 4.98 Å². The molecule has 91 heavy (non-hydrogen) atoms. The summed E-state index contributed by atoms with van der Waals surface area (Å²) in [5.41, 5.74) is 12.6. The molecule has 4 rings (SSSR count). The van der Waals surface area contributed by atoms with Crippen LogP contribution in [0.4, 0.5) is 21.2 Å². The number of hydrogen-bond acceptors (Lipinski definition) is 26. The molecule has 3 aromatic rings. The molecule has 3 heterocycles. The fraction of sp³-hybridized carbons (Fsp3) is 0.696. The van der Waals surface area contributed by atoms with Crippen LogP contribution in [-0.4, -0.2) is 265 Å². The second-order valence-corrected chi connectivity index (χ2v) is 20.8. The number of rotatable bonds is 47. The summed E-state index contributed by atoms with van der Waals surface area (Å²) < 4.78 is 67.6. The van der Waals surface area contributed by atoms with E-state index in [2.05, 4.69) is 25.9 Å². The summed E-state index contributed by atoms with van der Waals surface area (Å²) in [4.78, 5) is 113. The third-order valence-electron chi connectivity index (χ3n) is 13.6. The topological polar surface area (TPSA) is 459 Å². The van der Waals surface area contributed by atoms with Gasteiger partial charge in [-0.05, 0) is 56.3 Å². The first kappa shape index (κ1) is 76.5. The maximum Gasteiger partial charge on any atom is 0.410 e. The molecule has 1 aliphatic heterocycles. The number of aliphatic hydroxyl groups excluding tert-OH is 2. The van der Waals surface area contributed by atoms with E-state index in [9.17, 15) is 48.6 Å². The summed E-state index contributed by atoms with van der Waals surface area (Å²) in [6.07, 6.45) is -6.30. The average Bonchev–Trinajstić information content (AvgIpc) is 1.64. The zero-order valence-electron chi connectivity index (χ0n) is 52.5. The molecule has 1 aromatic carbocycles. The van der Waals surface area contributed by atoms with E-state index in [0.717, 1.165) is 14.0 Å². The number of aromatic nitrogens is 4. The zero-order chi connectivity index (χ0) is 66.5. The van der Waals surface area contributed by atoms with Gasteiger partial charge in [-0.25, -0.2) is 24.8 Å². The predicted octanol–water partition coefficient (Wildman–Crippen LogP) is -2.72. The molecule has 35 nitrogen and oxygen atoms in total. The van der Waals surface area contributed by atoms with Gasteiger partial charge < -0.3 is 104 Å². The Labute approximate surface area is 526 Å². The number of unbranched alkanes of at least 4 members (excludes halogenated alkanes) is 1. The minimum absolute atomic E-state index is 0.0367. The van der Waals surface area contributed by atoms with Crippen molar-refractivity contribution in [3.8, 4) is 0 Å². The summed E-state index contributed by atoms with van der Waals surface area (Å²) >= 11 is 0. The van der Waals surface area contributed by atoms with Crippen molar-refractivity contribution < 1.29 is 95.8 Å². The van der Waals surface area contributed by atoms with E-state index >= 15 is 0 Å². The number of H-pyrrole nitrogens is 1. The number of hydrazine groups is 1. The second-order valence-electron chi connectivity index (χ2n) is 20.8. The largest absolute Gasteiger partial charge is 0.445 e. The lowest BCUT2D eigenvalue weighted by Gasteiger charge is -2.26. The molecule has 0 spiro atoms. The average molecular weight is 1300 g/mol. The van der Waals surface area contributed by atoms with Gasteiger partial charge in [-0.3, -0.25) is 38.9 Å². The lowest BCUT2D eigenvalue weighted by Crippen LogP contribution is -2.55. The minimum Gasteiger partial charge on any atom is -0.445 e. The van der Waals surface area contributed by atoms with Crippen LogP contribution in [0.1, 0.15) is 51.8 Å². The Morgan fingerprint density at radius 2 is 1.23 bits per heavy atom. The van der Waals surface area contributed by atoms with Crippen molar-refractivity contribution in [2.24, 2.45) is 17.5 Å². The van der Waals surface area contributed by atoms with E-state index in [1.807, 2.05) is 5.43 Å². The van der Waals surface area contributed by atoms with Gasteiger partial charge in [0.25, 0.3) is 11.5 Å². The predicted molar refractivity (Wildman–Crippen MR) is 324 cm³/mol. The highest BCUT2D eigenvalue weighted by molar-refractivity contribution is 5.98. The molecule has 1 saturated heterocycles. The molecule has 0 radical (unpaired) electrons. The fourth-order valence-corrected chi connectivity index (χ4v) is 8.59. The van der Waals surface area contributed by atoms with Crippen LogP contribution < -0.4 is 49.9 Å². The SMILES string of the molecule is CCn1c(=O)n(C2OC(CO)C(O)C2OC(=O)N(C)CCN(C)C(=O)OCc2ccc(NC(=O)C(CCCCN)NC(=O)C(NC(=O)COCCOCCOCCOCCOCCOCCOCCOCCOCC(=O)NN)C(C)C)cc2)c2nc(N)[nH]c(=O)c21. The van der Waals surface area contributed by atoms with E-state index in [-0.39, 0.29) is 88.7 Å². The van der Waals surface area contributed by atoms with Gasteiger partial charge in [0.05, 0.1) is 112 Å². The lowest BCUT2D eigenvalue weighted by atomic mass is 10.0. The Morgan fingerprint density at radius 3 is 1.71 bits per heavy atom. The van der Waals surface area contributed by atoms with Crippen molar-refractivity contribution in [3.63, 3.8) is 0 Å². The van der Waals surface area contributed by atoms with Crippen LogP contribution in [0, 0.1) is 5.92 Å². The molecule has 0 bridgehead atoms. The zero-order valence-corrected chi connectivity index (χ0v) is 52.5. The Balaban J connectivity index is 1.07. The Kier molecular flexibility index (Phi) is 36.1. The van der Waals surface area contributed by atoms with Crippen molar-refractivity contribution in [3.05, 3.63) is 50.7 Å². The third kappa shape index (κ3) is 27.0. The number of nitrogens with two attached hydrogens (primary N) is 3. The number of aromatic amines is 1. The maximum absolute atomic E-state index is 13.6. The molecule has 6 atom stereocenters. The van der Waals surface area contributed by atoms with E-state index in [1.54, 1.807) is 45.0 Å². The first-order chi connectivity index (χ1) is 43.8. The van der Waals surface area contributed by atoms with E-state index in [4.69, 9.17) is 74.2 Å². The Bertz CT molecular complexity index is 2770. The highest BCUT2D eigenvalue weighted by Crippen LogP contribution is 2.33. The number of aryl methyl sites for hydroxylation is 1. The first-order valence-corrected chi connectivity index (χ1v) is 30.0. The number of amides is 6. The highest BCUT2D eigenvalue weighted by Gasteiger charge is 2.49. The number of ether oxygens (including phenoxy) is 12. The van der Waals surface area contributed by atoms with Gasteiger partial charge in [0.2, 0.25) is 23.7 Å². The van der Waals surface area contributed by atoms with Gasteiger partial charge in [-0.1, -0.05) is 26.0 Å². The van der Waals surface area contributed by atoms with Crippen molar-refractivity contribution >= 4 is 58.6 Å². The highest BCUT2D eigenvalue weighted by atomic mass is 16.6. The summed E-state index contributed by atoms with van der Waals surface area (Å²) in [6, 6.07) is 4.49. The van der Waals surface area contributed by atoms with Crippen LogP contribution in [0.5, 0.6) is 0 Å².